The summed E-state index contributed by atoms with van der Waals surface area (Å²) in [6, 6.07) is 11.3. The first-order valence-corrected chi connectivity index (χ1v) is 7.15. The quantitative estimate of drug-likeness (QED) is 0.745. The Morgan fingerprint density at radius 1 is 1.11 bits per heavy atom. The largest absolute Gasteiger partial charge is 0.486 e. The summed E-state index contributed by atoms with van der Waals surface area (Å²) < 4.78 is 7.49. The maximum absolute atomic E-state index is 5.89. The van der Waals surface area contributed by atoms with Gasteiger partial charge in [-0.05, 0) is 34.1 Å². The van der Waals surface area contributed by atoms with Crippen LogP contribution in [0.15, 0.2) is 45.3 Å². The normalized spacial score (nSPS) is 10.4. The number of hydrogen-bond acceptors (Lipinski definition) is 2. The third-order valence-electron chi connectivity index (χ3n) is 2.37. The second kappa shape index (κ2) is 5.95. The third kappa shape index (κ3) is 3.19. The van der Waals surface area contributed by atoms with E-state index in [4.69, 9.17) is 22.1 Å². The summed E-state index contributed by atoms with van der Waals surface area (Å²) in [6.45, 7) is 0.436. The molecular formula is C13H10Br2ClNO. The molecule has 94 valence electrons. The Morgan fingerprint density at radius 2 is 1.83 bits per heavy atom. The fourth-order valence-electron chi connectivity index (χ4n) is 1.50. The average molecular weight is 391 g/mol. The van der Waals surface area contributed by atoms with Crippen molar-refractivity contribution in [1.29, 1.82) is 0 Å². The molecule has 0 radical (unpaired) electrons. The summed E-state index contributed by atoms with van der Waals surface area (Å²) in [5.41, 5.74) is 7.44. The van der Waals surface area contributed by atoms with Gasteiger partial charge in [0.05, 0.1) is 10.2 Å². The number of nitrogen functional groups attached to an aromatic ring is 1. The fourth-order valence-corrected chi connectivity index (χ4v) is 2.85. The van der Waals surface area contributed by atoms with Gasteiger partial charge in [0.15, 0.2) is 5.75 Å². The molecule has 0 aliphatic heterocycles. The van der Waals surface area contributed by atoms with E-state index in [0.29, 0.717) is 23.1 Å². The van der Waals surface area contributed by atoms with Crippen molar-refractivity contribution >= 4 is 49.1 Å². The lowest BCUT2D eigenvalue weighted by atomic mass is 10.2. The van der Waals surface area contributed by atoms with Gasteiger partial charge in [-0.25, -0.2) is 0 Å². The van der Waals surface area contributed by atoms with E-state index in [1.165, 1.54) is 0 Å². The number of rotatable bonds is 3. The molecule has 0 spiro atoms. The molecule has 2 aromatic carbocycles. The number of ether oxygens (including phenoxy) is 1. The Kier molecular flexibility index (Phi) is 4.54. The molecule has 0 atom stereocenters. The molecule has 0 bridgehead atoms. The molecular weight excluding hydrogens is 381 g/mol. The molecule has 0 aliphatic carbocycles. The lowest BCUT2D eigenvalue weighted by molar-refractivity contribution is 0.305. The minimum atomic E-state index is 0.436. The first-order chi connectivity index (χ1) is 8.58. The lowest BCUT2D eigenvalue weighted by Crippen LogP contribution is -2.00. The Bertz CT molecular complexity index is 552. The molecule has 2 aromatic rings. The molecule has 0 fully saturated rings. The van der Waals surface area contributed by atoms with Crippen LogP contribution < -0.4 is 10.5 Å². The highest BCUT2D eigenvalue weighted by Gasteiger charge is 2.09. The molecule has 0 saturated heterocycles. The molecule has 0 amide bonds. The standard InChI is InChI=1S/C13H10Br2ClNO/c14-10-4-2-1-3-8(10)7-18-13-11(15)5-9(16)6-12(13)17/h1-6H,7,17H2. The molecule has 0 saturated carbocycles. The molecule has 0 aromatic heterocycles. The maximum atomic E-state index is 5.89. The number of anilines is 1. The van der Waals surface area contributed by atoms with Crippen LogP contribution in [0.3, 0.4) is 0 Å². The van der Waals surface area contributed by atoms with Crippen molar-refractivity contribution in [3.8, 4) is 5.75 Å². The monoisotopic (exact) mass is 389 g/mol. The summed E-state index contributed by atoms with van der Waals surface area (Å²) >= 11 is 12.8. The van der Waals surface area contributed by atoms with Gasteiger partial charge in [-0.3, -0.25) is 0 Å². The Labute approximate surface area is 127 Å². The SMILES string of the molecule is Nc1cc(Cl)cc(Br)c1OCc1ccccc1Br. The molecule has 18 heavy (non-hydrogen) atoms. The van der Waals surface area contributed by atoms with Gasteiger partial charge in [-0.2, -0.15) is 0 Å². The van der Waals surface area contributed by atoms with Gasteiger partial charge >= 0.3 is 0 Å². The highest BCUT2D eigenvalue weighted by Crippen LogP contribution is 2.35. The van der Waals surface area contributed by atoms with Crippen LogP contribution in [0.4, 0.5) is 5.69 Å². The highest BCUT2D eigenvalue weighted by molar-refractivity contribution is 9.10. The van der Waals surface area contributed by atoms with Gasteiger partial charge in [0.2, 0.25) is 0 Å². The molecule has 2 rings (SSSR count). The zero-order valence-corrected chi connectivity index (χ0v) is 13.2. The fraction of sp³-hybridized carbons (Fsp3) is 0.0769. The van der Waals surface area contributed by atoms with Gasteiger partial charge in [0, 0.05) is 15.1 Å². The zero-order chi connectivity index (χ0) is 13.1. The second-order valence-corrected chi connectivity index (χ2v) is 5.83. The third-order valence-corrected chi connectivity index (χ3v) is 3.95. The van der Waals surface area contributed by atoms with Crippen LogP contribution in [0.5, 0.6) is 5.75 Å². The smallest absolute Gasteiger partial charge is 0.156 e. The van der Waals surface area contributed by atoms with E-state index in [-0.39, 0.29) is 0 Å². The number of benzene rings is 2. The highest BCUT2D eigenvalue weighted by atomic mass is 79.9. The van der Waals surface area contributed by atoms with Crippen LogP contribution >= 0.6 is 43.5 Å². The van der Waals surface area contributed by atoms with Crippen molar-refractivity contribution in [2.75, 3.05) is 5.73 Å². The molecule has 5 heteroatoms. The molecule has 2 N–H and O–H groups in total. The van der Waals surface area contributed by atoms with Crippen molar-refractivity contribution in [2.45, 2.75) is 6.61 Å². The van der Waals surface area contributed by atoms with E-state index in [1.54, 1.807) is 12.1 Å². The van der Waals surface area contributed by atoms with Crippen molar-refractivity contribution < 1.29 is 4.74 Å². The zero-order valence-electron chi connectivity index (χ0n) is 9.29. The summed E-state index contributed by atoms with van der Waals surface area (Å²) in [4.78, 5) is 0. The van der Waals surface area contributed by atoms with E-state index in [9.17, 15) is 0 Å². The van der Waals surface area contributed by atoms with E-state index in [0.717, 1.165) is 14.5 Å². The molecule has 0 heterocycles. The first kappa shape index (κ1) is 13.7. The Balaban J connectivity index is 2.19. The van der Waals surface area contributed by atoms with E-state index in [2.05, 4.69) is 31.9 Å². The summed E-state index contributed by atoms with van der Waals surface area (Å²) in [5.74, 6) is 0.607. The second-order valence-electron chi connectivity index (χ2n) is 3.69. The van der Waals surface area contributed by atoms with Crippen molar-refractivity contribution in [1.82, 2.24) is 0 Å². The van der Waals surface area contributed by atoms with E-state index in [1.807, 2.05) is 24.3 Å². The van der Waals surface area contributed by atoms with Crippen LogP contribution in [0.1, 0.15) is 5.56 Å². The topological polar surface area (TPSA) is 35.2 Å². The number of nitrogens with two attached hydrogens (primary N) is 1. The number of halogens is 3. The minimum absolute atomic E-state index is 0.436. The van der Waals surface area contributed by atoms with Gasteiger partial charge in [-0.15, -0.1) is 0 Å². The van der Waals surface area contributed by atoms with Gasteiger partial charge < -0.3 is 10.5 Å². The molecule has 0 unspecified atom stereocenters. The van der Waals surface area contributed by atoms with Crippen molar-refractivity contribution in [3.05, 3.63) is 55.9 Å². The van der Waals surface area contributed by atoms with E-state index >= 15 is 0 Å². The van der Waals surface area contributed by atoms with Crippen LogP contribution in [0.2, 0.25) is 5.02 Å². The first-order valence-electron chi connectivity index (χ1n) is 5.18. The number of hydrogen-bond donors (Lipinski definition) is 1. The predicted molar refractivity (Wildman–Crippen MR) is 82.0 cm³/mol. The lowest BCUT2D eigenvalue weighted by Gasteiger charge is -2.12. The maximum Gasteiger partial charge on any atom is 0.156 e. The van der Waals surface area contributed by atoms with Crippen molar-refractivity contribution in [2.24, 2.45) is 0 Å². The summed E-state index contributed by atoms with van der Waals surface area (Å²) in [7, 11) is 0. The minimum Gasteiger partial charge on any atom is -0.486 e. The van der Waals surface area contributed by atoms with Crippen LogP contribution in [0, 0.1) is 0 Å². The van der Waals surface area contributed by atoms with Gasteiger partial charge in [-0.1, -0.05) is 45.7 Å². The molecule has 2 nitrogen and oxygen atoms in total. The predicted octanol–water partition coefficient (Wildman–Crippen LogP) is 5.03. The van der Waals surface area contributed by atoms with Crippen LogP contribution in [-0.2, 0) is 6.61 Å². The molecule has 0 aliphatic rings. The van der Waals surface area contributed by atoms with Gasteiger partial charge in [0.1, 0.15) is 6.61 Å². The van der Waals surface area contributed by atoms with Crippen LogP contribution in [0.25, 0.3) is 0 Å². The average Bonchev–Trinajstić information content (AvgIpc) is 2.30. The van der Waals surface area contributed by atoms with Crippen LogP contribution in [-0.4, -0.2) is 0 Å². The summed E-state index contributed by atoms with van der Waals surface area (Å²) in [6.07, 6.45) is 0. The van der Waals surface area contributed by atoms with E-state index < -0.39 is 0 Å². The van der Waals surface area contributed by atoms with Crippen molar-refractivity contribution in [3.63, 3.8) is 0 Å². The Morgan fingerprint density at radius 3 is 2.50 bits per heavy atom. The summed E-state index contributed by atoms with van der Waals surface area (Å²) in [5, 5.41) is 0.576. The Hall–Kier alpha value is -0.710. The van der Waals surface area contributed by atoms with Gasteiger partial charge in [0.25, 0.3) is 0 Å².